The summed E-state index contributed by atoms with van der Waals surface area (Å²) in [6.07, 6.45) is 2.15. The van der Waals surface area contributed by atoms with E-state index in [-0.39, 0.29) is 18.0 Å². The molecule has 146 valence electrons. The number of hydrogen-bond donors (Lipinski definition) is 2. The molecule has 0 fully saturated rings. The van der Waals surface area contributed by atoms with Crippen LogP contribution in [0.5, 0.6) is 5.75 Å². The number of halogens is 3. The van der Waals surface area contributed by atoms with E-state index in [4.69, 9.17) is 4.74 Å². The summed E-state index contributed by atoms with van der Waals surface area (Å²) in [6, 6.07) is 6.70. The summed E-state index contributed by atoms with van der Waals surface area (Å²) < 4.78 is 45.5. The number of rotatable bonds is 4. The smallest absolute Gasteiger partial charge is 0.225 e. The lowest BCUT2D eigenvalue weighted by atomic mass is 9.91. The van der Waals surface area contributed by atoms with E-state index in [0.717, 1.165) is 53.2 Å². The average molecular weight is 388 g/mol. The van der Waals surface area contributed by atoms with Crippen molar-refractivity contribution in [2.75, 3.05) is 7.11 Å². The standard InChI is InChI=1S/C21H19F3N2O2/c1-28-12-5-6-18-14(9-12)13-3-2-4-19(21(13)26-18)25-20(27)8-11-7-16(23)17(24)10-15(11)22/h5-7,9-10,19,26H,2-4,8H2,1H3,(H,25,27)/t19-/m1/s1. The number of nitrogens with one attached hydrogen (secondary N) is 2. The summed E-state index contributed by atoms with van der Waals surface area (Å²) >= 11 is 0. The monoisotopic (exact) mass is 388 g/mol. The van der Waals surface area contributed by atoms with Crippen molar-refractivity contribution >= 4 is 16.8 Å². The first-order valence-corrected chi connectivity index (χ1v) is 9.07. The molecule has 4 rings (SSSR count). The van der Waals surface area contributed by atoms with E-state index in [2.05, 4.69) is 10.3 Å². The highest BCUT2D eigenvalue weighted by Gasteiger charge is 2.26. The molecule has 1 heterocycles. The summed E-state index contributed by atoms with van der Waals surface area (Å²) in [4.78, 5) is 15.8. The Kier molecular flexibility index (Phi) is 4.75. The summed E-state index contributed by atoms with van der Waals surface area (Å²) in [5.41, 5.74) is 2.84. The Hall–Kier alpha value is -2.96. The van der Waals surface area contributed by atoms with Crippen LogP contribution in [-0.2, 0) is 17.6 Å². The molecule has 0 unspecified atom stereocenters. The molecule has 1 amide bonds. The fourth-order valence-electron chi connectivity index (χ4n) is 3.83. The van der Waals surface area contributed by atoms with Gasteiger partial charge in [0.2, 0.25) is 5.91 Å². The Morgan fingerprint density at radius 2 is 1.96 bits per heavy atom. The van der Waals surface area contributed by atoms with Crippen molar-refractivity contribution in [3.05, 3.63) is 64.6 Å². The molecule has 0 saturated heterocycles. The molecule has 2 aromatic carbocycles. The van der Waals surface area contributed by atoms with E-state index in [9.17, 15) is 18.0 Å². The lowest BCUT2D eigenvalue weighted by Crippen LogP contribution is -2.32. The van der Waals surface area contributed by atoms with Crippen LogP contribution in [0.4, 0.5) is 13.2 Å². The average Bonchev–Trinajstić information content (AvgIpc) is 3.05. The number of hydrogen-bond acceptors (Lipinski definition) is 2. The highest BCUT2D eigenvalue weighted by Crippen LogP contribution is 2.36. The molecule has 0 aliphatic heterocycles. The number of H-pyrrole nitrogens is 1. The number of fused-ring (bicyclic) bond motifs is 3. The van der Waals surface area contributed by atoms with Gasteiger partial charge in [-0.15, -0.1) is 0 Å². The number of amides is 1. The second-order valence-electron chi connectivity index (χ2n) is 6.98. The molecular weight excluding hydrogens is 369 g/mol. The second-order valence-corrected chi connectivity index (χ2v) is 6.98. The van der Waals surface area contributed by atoms with Gasteiger partial charge < -0.3 is 15.0 Å². The zero-order valence-electron chi connectivity index (χ0n) is 15.2. The number of aromatic amines is 1. The Labute approximate surface area is 159 Å². The second kappa shape index (κ2) is 7.22. The van der Waals surface area contributed by atoms with Gasteiger partial charge in [0.25, 0.3) is 0 Å². The van der Waals surface area contributed by atoms with Gasteiger partial charge in [0.15, 0.2) is 11.6 Å². The number of carbonyl (C=O) groups is 1. The molecule has 0 bridgehead atoms. The maximum Gasteiger partial charge on any atom is 0.225 e. The molecule has 0 radical (unpaired) electrons. The van der Waals surface area contributed by atoms with Crippen molar-refractivity contribution < 1.29 is 22.7 Å². The van der Waals surface area contributed by atoms with Crippen LogP contribution in [0.3, 0.4) is 0 Å². The molecule has 1 aliphatic rings. The maximum absolute atomic E-state index is 13.8. The Morgan fingerprint density at radius 1 is 1.18 bits per heavy atom. The quantitative estimate of drug-likeness (QED) is 0.654. The van der Waals surface area contributed by atoms with Crippen molar-refractivity contribution in [2.45, 2.75) is 31.7 Å². The minimum atomic E-state index is -1.27. The van der Waals surface area contributed by atoms with Crippen LogP contribution in [-0.4, -0.2) is 18.0 Å². The van der Waals surface area contributed by atoms with E-state index in [1.165, 1.54) is 0 Å². The highest BCUT2D eigenvalue weighted by molar-refractivity contribution is 5.87. The Morgan fingerprint density at radius 3 is 2.75 bits per heavy atom. The van der Waals surface area contributed by atoms with Crippen LogP contribution >= 0.6 is 0 Å². The summed E-state index contributed by atoms with van der Waals surface area (Å²) in [5.74, 6) is -3.06. The van der Waals surface area contributed by atoms with Gasteiger partial charge in [-0.3, -0.25) is 4.79 Å². The van der Waals surface area contributed by atoms with Gasteiger partial charge in [-0.25, -0.2) is 13.2 Å². The normalized spacial score (nSPS) is 16.1. The number of aryl methyl sites for hydroxylation is 1. The highest BCUT2D eigenvalue weighted by atomic mass is 19.2. The van der Waals surface area contributed by atoms with Crippen LogP contribution in [0.2, 0.25) is 0 Å². The van der Waals surface area contributed by atoms with E-state index >= 15 is 0 Å². The molecule has 2 N–H and O–H groups in total. The molecule has 1 aliphatic carbocycles. The van der Waals surface area contributed by atoms with Crippen molar-refractivity contribution in [3.63, 3.8) is 0 Å². The molecular formula is C21H19F3N2O2. The zero-order valence-corrected chi connectivity index (χ0v) is 15.2. The van der Waals surface area contributed by atoms with Crippen LogP contribution < -0.4 is 10.1 Å². The summed E-state index contributed by atoms with van der Waals surface area (Å²) in [7, 11) is 1.61. The van der Waals surface area contributed by atoms with Gasteiger partial charge in [-0.05, 0) is 49.1 Å². The number of carbonyl (C=O) groups excluding carboxylic acids is 1. The van der Waals surface area contributed by atoms with Crippen molar-refractivity contribution in [1.82, 2.24) is 10.3 Å². The van der Waals surface area contributed by atoms with Gasteiger partial charge >= 0.3 is 0 Å². The van der Waals surface area contributed by atoms with Crippen LogP contribution in [0.1, 0.15) is 35.7 Å². The van der Waals surface area contributed by atoms with Crippen LogP contribution in [0.25, 0.3) is 10.9 Å². The fourth-order valence-corrected chi connectivity index (χ4v) is 3.83. The van der Waals surface area contributed by atoms with Crippen molar-refractivity contribution in [1.29, 1.82) is 0 Å². The van der Waals surface area contributed by atoms with Crippen molar-refractivity contribution in [3.8, 4) is 5.75 Å². The Bertz CT molecular complexity index is 1060. The molecule has 1 aromatic heterocycles. The lowest BCUT2D eigenvalue weighted by molar-refractivity contribution is -0.121. The molecule has 1 atom stereocenters. The van der Waals surface area contributed by atoms with E-state index in [0.29, 0.717) is 6.07 Å². The summed E-state index contributed by atoms with van der Waals surface area (Å²) in [5, 5.41) is 3.95. The first kappa shape index (κ1) is 18.4. The van der Waals surface area contributed by atoms with Gasteiger partial charge in [-0.1, -0.05) is 0 Å². The van der Waals surface area contributed by atoms with Crippen LogP contribution in [0, 0.1) is 17.5 Å². The molecule has 0 spiro atoms. The zero-order chi connectivity index (χ0) is 19.8. The van der Waals surface area contributed by atoms with Crippen molar-refractivity contribution in [2.24, 2.45) is 0 Å². The SMILES string of the molecule is COc1ccc2[nH]c3c(c2c1)CCC[C@H]3NC(=O)Cc1cc(F)c(F)cc1F. The number of aromatic nitrogens is 1. The lowest BCUT2D eigenvalue weighted by Gasteiger charge is -2.24. The number of ether oxygens (including phenoxy) is 1. The van der Waals surface area contributed by atoms with E-state index in [1.807, 2.05) is 18.2 Å². The van der Waals surface area contributed by atoms with Gasteiger partial charge in [-0.2, -0.15) is 0 Å². The maximum atomic E-state index is 13.8. The minimum absolute atomic E-state index is 0.172. The van der Waals surface area contributed by atoms with E-state index < -0.39 is 23.4 Å². The predicted molar refractivity (Wildman–Crippen MR) is 98.7 cm³/mol. The predicted octanol–water partition coefficient (Wildman–Crippen LogP) is 4.33. The molecule has 28 heavy (non-hydrogen) atoms. The van der Waals surface area contributed by atoms with Gasteiger partial charge in [0, 0.05) is 28.2 Å². The Balaban J connectivity index is 1.57. The first-order valence-electron chi connectivity index (χ1n) is 9.07. The third-order valence-corrected chi connectivity index (χ3v) is 5.19. The third-order valence-electron chi connectivity index (χ3n) is 5.19. The molecule has 7 heteroatoms. The van der Waals surface area contributed by atoms with Gasteiger partial charge in [0.1, 0.15) is 11.6 Å². The van der Waals surface area contributed by atoms with E-state index in [1.54, 1.807) is 7.11 Å². The first-order chi connectivity index (χ1) is 13.5. The topological polar surface area (TPSA) is 54.1 Å². The van der Waals surface area contributed by atoms with Gasteiger partial charge in [0.05, 0.1) is 19.6 Å². The third kappa shape index (κ3) is 3.32. The molecule has 3 aromatic rings. The minimum Gasteiger partial charge on any atom is -0.497 e. The summed E-state index contributed by atoms with van der Waals surface area (Å²) in [6.45, 7) is 0. The molecule has 4 nitrogen and oxygen atoms in total. The largest absolute Gasteiger partial charge is 0.497 e. The fraction of sp³-hybridized carbons (Fsp3) is 0.286. The molecule has 0 saturated carbocycles. The van der Waals surface area contributed by atoms with Crippen LogP contribution in [0.15, 0.2) is 30.3 Å². The number of benzene rings is 2. The number of methoxy groups -OCH3 is 1.